The SMILES string of the molecule is COc1ccc(Oc2cc(NCC(O)CO)cc([N+](=O)[O-])c2)cc1. The summed E-state index contributed by atoms with van der Waals surface area (Å²) in [6.07, 6.45) is -0.963. The van der Waals surface area contributed by atoms with Crippen molar-refractivity contribution in [3.05, 3.63) is 52.6 Å². The van der Waals surface area contributed by atoms with Crippen LogP contribution in [0.15, 0.2) is 42.5 Å². The van der Waals surface area contributed by atoms with Gasteiger partial charge in [0, 0.05) is 24.4 Å². The fourth-order valence-electron chi connectivity index (χ4n) is 1.93. The molecule has 0 saturated heterocycles. The van der Waals surface area contributed by atoms with Gasteiger partial charge in [-0.15, -0.1) is 0 Å². The Labute approximate surface area is 138 Å². The van der Waals surface area contributed by atoms with Gasteiger partial charge in [-0.2, -0.15) is 0 Å². The Kier molecular flexibility index (Phi) is 5.94. The number of nitrogens with zero attached hydrogens (tertiary/aromatic N) is 1. The van der Waals surface area contributed by atoms with E-state index in [1.807, 2.05) is 0 Å². The highest BCUT2D eigenvalue weighted by molar-refractivity contribution is 5.57. The fourth-order valence-corrected chi connectivity index (χ4v) is 1.93. The van der Waals surface area contributed by atoms with Gasteiger partial charge in [-0.25, -0.2) is 0 Å². The van der Waals surface area contributed by atoms with Gasteiger partial charge in [0.05, 0.1) is 30.8 Å². The molecule has 24 heavy (non-hydrogen) atoms. The molecule has 2 aromatic rings. The summed E-state index contributed by atoms with van der Waals surface area (Å²) in [5, 5.41) is 32.0. The molecule has 2 aromatic carbocycles. The molecule has 0 saturated carbocycles. The van der Waals surface area contributed by atoms with E-state index >= 15 is 0 Å². The lowest BCUT2D eigenvalue weighted by atomic mass is 10.2. The minimum Gasteiger partial charge on any atom is -0.497 e. The average Bonchev–Trinajstić information content (AvgIpc) is 2.60. The molecule has 3 N–H and O–H groups in total. The number of hydrogen-bond donors (Lipinski definition) is 3. The lowest BCUT2D eigenvalue weighted by molar-refractivity contribution is -0.384. The summed E-state index contributed by atoms with van der Waals surface area (Å²) < 4.78 is 10.7. The summed E-state index contributed by atoms with van der Waals surface area (Å²) in [5.41, 5.74) is 0.252. The van der Waals surface area contributed by atoms with Gasteiger partial charge in [0.1, 0.15) is 17.2 Å². The van der Waals surface area contributed by atoms with E-state index in [9.17, 15) is 15.2 Å². The average molecular weight is 334 g/mol. The molecule has 0 aliphatic carbocycles. The molecule has 1 atom stereocenters. The van der Waals surface area contributed by atoms with Crippen molar-refractivity contribution in [1.82, 2.24) is 0 Å². The monoisotopic (exact) mass is 334 g/mol. The van der Waals surface area contributed by atoms with Gasteiger partial charge in [0.2, 0.25) is 0 Å². The van der Waals surface area contributed by atoms with Crippen LogP contribution in [0.3, 0.4) is 0 Å². The Hall–Kier alpha value is -2.84. The molecule has 0 heterocycles. The predicted octanol–water partition coefficient (Wildman–Crippen LogP) is 2.16. The van der Waals surface area contributed by atoms with Gasteiger partial charge in [-0.1, -0.05) is 0 Å². The minimum atomic E-state index is -0.963. The Morgan fingerprint density at radius 1 is 1.17 bits per heavy atom. The van der Waals surface area contributed by atoms with E-state index in [2.05, 4.69) is 5.32 Å². The van der Waals surface area contributed by atoms with Crippen LogP contribution < -0.4 is 14.8 Å². The molecule has 0 aliphatic heterocycles. The smallest absolute Gasteiger partial charge is 0.275 e. The van der Waals surface area contributed by atoms with E-state index in [4.69, 9.17) is 14.6 Å². The van der Waals surface area contributed by atoms with E-state index in [1.54, 1.807) is 37.4 Å². The second-order valence-corrected chi connectivity index (χ2v) is 4.97. The fraction of sp³-hybridized carbons (Fsp3) is 0.250. The second-order valence-electron chi connectivity index (χ2n) is 4.97. The van der Waals surface area contributed by atoms with Crippen molar-refractivity contribution < 1.29 is 24.6 Å². The van der Waals surface area contributed by atoms with E-state index in [0.717, 1.165) is 0 Å². The Bertz CT molecular complexity index is 689. The third-order valence-corrected chi connectivity index (χ3v) is 3.15. The largest absolute Gasteiger partial charge is 0.497 e. The number of non-ortho nitro benzene ring substituents is 1. The highest BCUT2D eigenvalue weighted by Crippen LogP contribution is 2.30. The van der Waals surface area contributed by atoms with E-state index in [-0.39, 0.29) is 18.0 Å². The van der Waals surface area contributed by atoms with Crippen molar-refractivity contribution in [2.75, 3.05) is 25.6 Å². The third-order valence-electron chi connectivity index (χ3n) is 3.15. The van der Waals surface area contributed by atoms with Gasteiger partial charge >= 0.3 is 0 Å². The first-order chi connectivity index (χ1) is 11.5. The maximum Gasteiger partial charge on any atom is 0.275 e. The lowest BCUT2D eigenvalue weighted by Gasteiger charge is -2.12. The number of hydrogen-bond acceptors (Lipinski definition) is 7. The van der Waals surface area contributed by atoms with Crippen LogP contribution in [0.1, 0.15) is 0 Å². The standard InChI is InChI=1S/C16H18N2O6/c1-23-14-2-4-15(5-3-14)24-16-7-11(17-9-13(20)10-19)6-12(8-16)18(21)22/h2-8,13,17,19-20H,9-10H2,1H3. The Balaban J connectivity index is 2.20. The second kappa shape index (κ2) is 8.14. The Morgan fingerprint density at radius 3 is 2.42 bits per heavy atom. The number of rotatable bonds is 8. The van der Waals surface area contributed by atoms with E-state index < -0.39 is 17.6 Å². The van der Waals surface area contributed by atoms with Gasteiger partial charge in [0.25, 0.3) is 5.69 Å². The molecule has 8 nitrogen and oxygen atoms in total. The van der Waals surface area contributed by atoms with Crippen molar-refractivity contribution in [3.63, 3.8) is 0 Å². The molecule has 0 aromatic heterocycles. The van der Waals surface area contributed by atoms with E-state index in [1.165, 1.54) is 12.1 Å². The maximum atomic E-state index is 11.1. The zero-order valence-corrected chi connectivity index (χ0v) is 13.0. The molecular formula is C16H18N2O6. The van der Waals surface area contributed by atoms with Gasteiger partial charge in [-0.05, 0) is 24.3 Å². The summed E-state index contributed by atoms with van der Waals surface area (Å²) in [6.45, 7) is -0.350. The number of methoxy groups -OCH3 is 1. The quantitative estimate of drug-likeness (QED) is 0.500. The maximum absolute atomic E-state index is 11.1. The van der Waals surface area contributed by atoms with Crippen LogP contribution in [0.2, 0.25) is 0 Å². The van der Waals surface area contributed by atoms with Gasteiger partial charge in [-0.3, -0.25) is 10.1 Å². The predicted molar refractivity (Wildman–Crippen MR) is 87.7 cm³/mol. The summed E-state index contributed by atoms with van der Waals surface area (Å²) in [5.74, 6) is 1.44. The molecule has 0 radical (unpaired) electrons. The number of nitrogens with one attached hydrogen (secondary N) is 1. The lowest BCUT2D eigenvalue weighted by Crippen LogP contribution is -2.22. The van der Waals surface area contributed by atoms with Crippen molar-refractivity contribution >= 4 is 11.4 Å². The van der Waals surface area contributed by atoms with Gasteiger partial charge < -0.3 is 25.0 Å². The van der Waals surface area contributed by atoms with Crippen LogP contribution in [-0.4, -0.2) is 41.5 Å². The minimum absolute atomic E-state index is 0.0552. The molecule has 0 aliphatic rings. The topological polar surface area (TPSA) is 114 Å². The highest BCUT2D eigenvalue weighted by Gasteiger charge is 2.12. The normalized spacial score (nSPS) is 11.6. The Morgan fingerprint density at radius 2 is 1.83 bits per heavy atom. The van der Waals surface area contributed by atoms with Crippen LogP contribution in [-0.2, 0) is 0 Å². The number of nitro groups is 1. The van der Waals surface area contributed by atoms with Gasteiger partial charge in [0.15, 0.2) is 0 Å². The van der Waals surface area contributed by atoms with Crippen LogP contribution >= 0.6 is 0 Å². The molecule has 128 valence electrons. The molecular weight excluding hydrogens is 316 g/mol. The van der Waals surface area contributed by atoms with E-state index in [0.29, 0.717) is 17.2 Å². The number of benzene rings is 2. The van der Waals surface area contributed by atoms with Crippen LogP contribution in [0.5, 0.6) is 17.2 Å². The van der Waals surface area contributed by atoms with Crippen molar-refractivity contribution in [2.45, 2.75) is 6.10 Å². The number of anilines is 1. The van der Waals surface area contributed by atoms with Crippen molar-refractivity contribution in [3.8, 4) is 17.2 Å². The number of aliphatic hydroxyl groups is 2. The molecule has 0 fully saturated rings. The first-order valence-corrected chi connectivity index (χ1v) is 7.16. The number of aliphatic hydroxyl groups excluding tert-OH is 2. The van der Waals surface area contributed by atoms with Crippen LogP contribution in [0, 0.1) is 10.1 Å². The zero-order valence-electron chi connectivity index (χ0n) is 13.0. The van der Waals surface area contributed by atoms with Crippen molar-refractivity contribution in [2.24, 2.45) is 0 Å². The summed E-state index contributed by atoms with van der Waals surface area (Å²) in [6, 6.07) is 11.0. The third kappa shape index (κ3) is 4.83. The first-order valence-electron chi connectivity index (χ1n) is 7.16. The first kappa shape index (κ1) is 17.5. The summed E-state index contributed by atoms with van der Waals surface area (Å²) in [7, 11) is 1.55. The molecule has 8 heteroatoms. The highest BCUT2D eigenvalue weighted by atomic mass is 16.6. The van der Waals surface area contributed by atoms with Crippen LogP contribution in [0.25, 0.3) is 0 Å². The summed E-state index contributed by atoms with van der Waals surface area (Å²) in [4.78, 5) is 10.5. The molecule has 0 amide bonds. The molecule has 0 bridgehead atoms. The zero-order chi connectivity index (χ0) is 17.5. The molecule has 0 spiro atoms. The molecule has 2 rings (SSSR count). The van der Waals surface area contributed by atoms with Crippen molar-refractivity contribution in [1.29, 1.82) is 0 Å². The van der Waals surface area contributed by atoms with Crippen LogP contribution in [0.4, 0.5) is 11.4 Å². The summed E-state index contributed by atoms with van der Waals surface area (Å²) >= 11 is 0. The number of ether oxygens (including phenoxy) is 2. The molecule has 1 unspecified atom stereocenters. The number of nitro benzene ring substituents is 1.